The van der Waals surface area contributed by atoms with Crippen LogP contribution in [-0.4, -0.2) is 33.9 Å². The van der Waals surface area contributed by atoms with Crippen molar-refractivity contribution < 1.29 is 23.9 Å². The minimum atomic E-state index is -1.93. The van der Waals surface area contributed by atoms with Crippen LogP contribution in [0.25, 0.3) is 0 Å². The number of thiophene rings is 1. The SMILES string of the molecule is CC(C)(C)OC(=O)C1(C(=O)N2Cc3ccccc3C2=O)Cc2cc(N)sc2CO1. The number of ether oxygens (including phenoxy) is 2. The lowest BCUT2D eigenvalue weighted by molar-refractivity contribution is -0.194. The topological polar surface area (TPSA) is 98.9 Å². The first-order chi connectivity index (χ1) is 13.6. The monoisotopic (exact) mass is 414 g/mol. The number of esters is 1. The zero-order chi connectivity index (χ0) is 21.0. The number of rotatable bonds is 2. The van der Waals surface area contributed by atoms with E-state index >= 15 is 0 Å². The van der Waals surface area contributed by atoms with Crippen LogP contribution in [0.1, 0.15) is 47.1 Å². The van der Waals surface area contributed by atoms with Crippen LogP contribution in [0, 0.1) is 0 Å². The molecule has 0 radical (unpaired) electrons. The fraction of sp³-hybridized carbons (Fsp3) is 0.381. The van der Waals surface area contributed by atoms with Gasteiger partial charge < -0.3 is 15.2 Å². The van der Waals surface area contributed by atoms with Crippen LogP contribution in [0.4, 0.5) is 5.00 Å². The average molecular weight is 414 g/mol. The Balaban J connectivity index is 1.73. The first-order valence-electron chi connectivity index (χ1n) is 9.29. The summed E-state index contributed by atoms with van der Waals surface area (Å²) < 4.78 is 11.4. The average Bonchev–Trinajstić information content (AvgIpc) is 3.18. The van der Waals surface area contributed by atoms with E-state index in [-0.39, 0.29) is 19.6 Å². The van der Waals surface area contributed by atoms with Crippen LogP contribution in [0.5, 0.6) is 0 Å². The molecule has 2 N–H and O–H groups in total. The van der Waals surface area contributed by atoms with E-state index in [2.05, 4.69) is 0 Å². The van der Waals surface area contributed by atoms with Gasteiger partial charge in [-0.25, -0.2) is 4.79 Å². The van der Waals surface area contributed by atoms with Crippen LogP contribution in [0.3, 0.4) is 0 Å². The second-order valence-electron chi connectivity index (χ2n) is 8.25. The van der Waals surface area contributed by atoms with Gasteiger partial charge in [0.25, 0.3) is 11.8 Å². The highest BCUT2D eigenvalue weighted by atomic mass is 32.1. The van der Waals surface area contributed by atoms with Gasteiger partial charge in [-0.2, -0.15) is 0 Å². The molecule has 152 valence electrons. The fourth-order valence-electron chi connectivity index (χ4n) is 3.62. The molecule has 1 aromatic heterocycles. The summed E-state index contributed by atoms with van der Waals surface area (Å²) in [5, 5.41) is 0.579. The summed E-state index contributed by atoms with van der Waals surface area (Å²) in [5.41, 5.74) is 5.11. The van der Waals surface area contributed by atoms with E-state index in [9.17, 15) is 14.4 Å². The highest BCUT2D eigenvalue weighted by Crippen LogP contribution is 2.38. The largest absolute Gasteiger partial charge is 0.457 e. The minimum absolute atomic E-state index is 0.0239. The predicted molar refractivity (Wildman–Crippen MR) is 107 cm³/mol. The Morgan fingerprint density at radius 1 is 1.24 bits per heavy atom. The number of hydrogen-bond donors (Lipinski definition) is 1. The van der Waals surface area contributed by atoms with E-state index in [4.69, 9.17) is 15.2 Å². The van der Waals surface area contributed by atoms with Crippen molar-refractivity contribution in [3.05, 3.63) is 51.9 Å². The number of benzene rings is 1. The normalized spacial score (nSPS) is 20.9. The standard InChI is InChI=1S/C21H22N2O5S/c1-20(2,3)28-19(26)21(9-13-8-16(22)29-15(13)11-27-21)18(25)23-10-12-6-4-5-7-14(12)17(23)24/h4-8H,9-11,22H2,1-3H3. The lowest BCUT2D eigenvalue weighted by atomic mass is 9.90. The number of nitrogens with two attached hydrogens (primary N) is 1. The smallest absolute Gasteiger partial charge is 0.349 e. The van der Waals surface area contributed by atoms with Crippen LogP contribution in [0.15, 0.2) is 30.3 Å². The predicted octanol–water partition coefficient (Wildman–Crippen LogP) is 2.67. The molecule has 8 heteroatoms. The Hall–Kier alpha value is -2.71. The Kier molecular flexibility index (Phi) is 4.51. The van der Waals surface area contributed by atoms with Crippen LogP contribution < -0.4 is 5.73 Å². The number of carbonyl (C=O) groups excluding carboxylic acids is 3. The second-order valence-corrected chi connectivity index (χ2v) is 9.41. The lowest BCUT2D eigenvalue weighted by Crippen LogP contribution is -2.60. The molecule has 4 rings (SSSR count). The number of carbonyl (C=O) groups is 3. The summed E-state index contributed by atoms with van der Waals surface area (Å²) in [7, 11) is 0. The molecule has 0 saturated heterocycles. The molecule has 1 aromatic carbocycles. The van der Waals surface area contributed by atoms with Crippen molar-refractivity contribution in [3.63, 3.8) is 0 Å². The molecule has 0 fully saturated rings. The van der Waals surface area contributed by atoms with Crippen molar-refractivity contribution in [2.45, 2.75) is 51.5 Å². The number of fused-ring (bicyclic) bond motifs is 2. The van der Waals surface area contributed by atoms with Gasteiger partial charge in [-0.15, -0.1) is 11.3 Å². The van der Waals surface area contributed by atoms with Crippen molar-refractivity contribution in [3.8, 4) is 0 Å². The van der Waals surface area contributed by atoms with Gasteiger partial charge in [0.1, 0.15) is 5.60 Å². The number of nitrogen functional groups attached to an aromatic ring is 1. The zero-order valence-corrected chi connectivity index (χ0v) is 17.3. The first-order valence-corrected chi connectivity index (χ1v) is 10.1. The number of anilines is 1. The molecule has 2 aliphatic rings. The van der Waals surface area contributed by atoms with Crippen LogP contribution in [-0.2, 0) is 38.6 Å². The van der Waals surface area contributed by atoms with Gasteiger partial charge in [0.05, 0.1) is 18.2 Å². The second kappa shape index (κ2) is 6.67. The quantitative estimate of drug-likeness (QED) is 0.461. The maximum Gasteiger partial charge on any atom is 0.349 e. The van der Waals surface area contributed by atoms with Gasteiger partial charge >= 0.3 is 5.97 Å². The van der Waals surface area contributed by atoms with Gasteiger partial charge in [0.15, 0.2) is 0 Å². The molecular weight excluding hydrogens is 392 g/mol. The Labute approximate surface area is 172 Å². The van der Waals surface area contributed by atoms with E-state index in [0.29, 0.717) is 10.6 Å². The molecule has 29 heavy (non-hydrogen) atoms. The lowest BCUT2D eigenvalue weighted by Gasteiger charge is -2.37. The van der Waals surface area contributed by atoms with Crippen molar-refractivity contribution in [1.29, 1.82) is 0 Å². The van der Waals surface area contributed by atoms with Gasteiger partial charge in [0, 0.05) is 16.9 Å². The number of nitrogens with zero attached hydrogens (tertiary/aromatic N) is 1. The first kappa shape index (κ1) is 19.6. The molecule has 0 bridgehead atoms. The number of amides is 2. The van der Waals surface area contributed by atoms with Crippen LogP contribution >= 0.6 is 11.3 Å². The Morgan fingerprint density at radius 3 is 2.66 bits per heavy atom. The molecule has 2 aliphatic heterocycles. The Morgan fingerprint density at radius 2 is 1.97 bits per heavy atom. The molecule has 7 nitrogen and oxygen atoms in total. The van der Waals surface area contributed by atoms with Crippen molar-refractivity contribution in [1.82, 2.24) is 4.90 Å². The summed E-state index contributed by atoms with van der Waals surface area (Å²) in [6.07, 6.45) is -0.0239. The third kappa shape index (κ3) is 3.32. The van der Waals surface area contributed by atoms with E-state index in [1.807, 2.05) is 0 Å². The molecule has 2 amide bonds. The maximum absolute atomic E-state index is 13.6. The van der Waals surface area contributed by atoms with Gasteiger partial charge in [-0.05, 0) is 44.0 Å². The fourth-order valence-corrected chi connectivity index (χ4v) is 4.49. The van der Waals surface area contributed by atoms with E-state index in [1.54, 1.807) is 51.1 Å². The molecular formula is C21H22N2O5S. The minimum Gasteiger partial charge on any atom is -0.457 e. The van der Waals surface area contributed by atoms with Gasteiger partial charge in [0.2, 0.25) is 5.60 Å². The van der Waals surface area contributed by atoms with E-state index < -0.39 is 29.0 Å². The van der Waals surface area contributed by atoms with Crippen molar-refractivity contribution in [2.24, 2.45) is 0 Å². The van der Waals surface area contributed by atoms with Gasteiger partial charge in [-0.3, -0.25) is 14.5 Å². The highest BCUT2D eigenvalue weighted by molar-refractivity contribution is 7.16. The van der Waals surface area contributed by atoms with Crippen molar-refractivity contribution >= 4 is 34.1 Å². The van der Waals surface area contributed by atoms with Crippen LogP contribution in [0.2, 0.25) is 0 Å². The number of imide groups is 1. The summed E-state index contributed by atoms with van der Waals surface area (Å²) in [6.45, 7) is 5.31. The molecule has 1 atom stereocenters. The molecule has 0 aliphatic carbocycles. The highest BCUT2D eigenvalue weighted by Gasteiger charge is 2.56. The maximum atomic E-state index is 13.6. The Bertz CT molecular complexity index is 1020. The molecule has 2 aromatic rings. The summed E-state index contributed by atoms with van der Waals surface area (Å²) >= 11 is 1.36. The molecule has 0 saturated carbocycles. The molecule has 0 spiro atoms. The summed E-state index contributed by atoms with van der Waals surface area (Å²) in [5.74, 6) is -1.94. The van der Waals surface area contributed by atoms with E-state index in [1.165, 1.54) is 11.3 Å². The zero-order valence-electron chi connectivity index (χ0n) is 16.5. The number of hydrogen-bond acceptors (Lipinski definition) is 7. The summed E-state index contributed by atoms with van der Waals surface area (Å²) in [4.78, 5) is 41.6. The molecule has 3 heterocycles. The summed E-state index contributed by atoms with van der Waals surface area (Å²) in [6, 6.07) is 8.76. The third-order valence-electron chi connectivity index (χ3n) is 4.95. The van der Waals surface area contributed by atoms with Crippen molar-refractivity contribution in [2.75, 3.05) is 5.73 Å². The van der Waals surface area contributed by atoms with Gasteiger partial charge in [-0.1, -0.05) is 18.2 Å². The van der Waals surface area contributed by atoms with E-state index in [0.717, 1.165) is 20.9 Å². The molecule has 1 unspecified atom stereocenters. The third-order valence-corrected chi connectivity index (χ3v) is 5.93.